The first-order chi connectivity index (χ1) is 10.0. The first-order valence-corrected chi connectivity index (χ1v) is 7.16. The molecule has 0 aromatic heterocycles. The fourth-order valence-electron chi connectivity index (χ4n) is 2.11. The number of nitro groups is 1. The molecule has 0 aliphatic heterocycles. The van der Waals surface area contributed by atoms with Crippen molar-refractivity contribution in [2.45, 2.75) is 39.5 Å². The first kappa shape index (κ1) is 16.9. The van der Waals surface area contributed by atoms with E-state index in [-0.39, 0.29) is 17.5 Å². The molecule has 0 bridgehead atoms. The van der Waals surface area contributed by atoms with Crippen molar-refractivity contribution in [1.82, 2.24) is 0 Å². The van der Waals surface area contributed by atoms with E-state index in [1.54, 1.807) is 0 Å². The summed E-state index contributed by atoms with van der Waals surface area (Å²) < 4.78 is 5.14. The smallest absolute Gasteiger partial charge is 0.271 e. The second kappa shape index (κ2) is 8.24. The Bertz CT molecular complexity index is 502. The van der Waals surface area contributed by atoms with E-state index in [0.29, 0.717) is 11.4 Å². The van der Waals surface area contributed by atoms with Crippen LogP contribution >= 0.6 is 0 Å². The van der Waals surface area contributed by atoms with E-state index in [1.165, 1.54) is 25.3 Å². The van der Waals surface area contributed by atoms with Gasteiger partial charge < -0.3 is 10.1 Å². The first-order valence-electron chi connectivity index (χ1n) is 7.16. The van der Waals surface area contributed by atoms with Gasteiger partial charge in [-0.3, -0.25) is 14.9 Å². The van der Waals surface area contributed by atoms with Crippen LogP contribution < -0.4 is 10.1 Å². The zero-order chi connectivity index (χ0) is 15.8. The average Bonchev–Trinajstić information content (AvgIpc) is 2.47. The lowest BCUT2D eigenvalue weighted by atomic mass is 9.98. The summed E-state index contributed by atoms with van der Waals surface area (Å²) in [6.07, 6.45) is 3.57. The molecule has 1 amide bonds. The van der Waals surface area contributed by atoms with Gasteiger partial charge in [0.25, 0.3) is 5.69 Å². The average molecular weight is 294 g/mol. The third kappa shape index (κ3) is 4.73. The molecule has 0 radical (unpaired) electrons. The van der Waals surface area contributed by atoms with Crippen molar-refractivity contribution in [3.05, 3.63) is 28.3 Å². The summed E-state index contributed by atoms with van der Waals surface area (Å²) in [4.78, 5) is 22.6. The lowest BCUT2D eigenvalue weighted by Crippen LogP contribution is -2.22. The summed E-state index contributed by atoms with van der Waals surface area (Å²) in [6.45, 7) is 4.04. The van der Waals surface area contributed by atoms with Crippen LogP contribution in [0.2, 0.25) is 0 Å². The fourth-order valence-corrected chi connectivity index (χ4v) is 2.11. The Morgan fingerprint density at radius 3 is 2.67 bits per heavy atom. The van der Waals surface area contributed by atoms with Gasteiger partial charge in [0.2, 0.25) is 5.91 Å². The molecule has 6 heteroatoms. The third-order valence-electron chi connectivity index (χ3n) is 3.42. The van der Waals surface area contributed by atoms with Gasteiger partial charge in [-0.15, -0.1) is 0 Å². The number of ether oxygens (including phenoxy) is 1. The lowest BCUT2D eigenvalue weighted by Gasteiger charge is -2.16. The van der Waals surface area contributed by atoms with Gasteiger partial charge in [0.1, 0.15) is 5.75 Å². The molecule has 1 aromatic carbocycles. The number of carbonyl (C=O) groups excluding carboxylic acids is 1. The van der Waals surface area contributed by atoms with E-state index in [1.807, 2.05) is 6.92 Å². The number of nitrogens with one attached hydrogen (secondary N) is 1. The summed E-state index contributed by atoms with van der Waals surface area (Å²) in [5, 5.41) is 13.6. The highest BCUT2D eigenvalue weighted by Gasteiger charge is 2.19. The molecule has 21 heavy (non-hydrogen) atoms. The maximum absolute atomic E-state index is 12.3. The van der Waals surface area contributed by atoms with Gasteiger partial charge in [0.05, 0.1) is 17.7 Å². The number of hydrogen-bond acceptors (Lipinski definition) is 4. The molecular formula is C15H22N2O4. The number of rotatable bonds is 8. The zero-order valence-electron chi connectivity index (χ0n) is 12.7. The number of non-ortho nitro benzene ring substituents is 1. The predicted molar refractivity (Wildman–Crippen MR) is 81.6 cm³/mol. The predicted octanol–water partition coefficient (Wildman–Crippen LogP) is 3.76. The molecule has 1 N–H and O–H groups in total. The van der Waals surface area contributed by atoms with E-state index in [4.69, 9.17) is 4.74 Å². The number of carbonyl (C=O) groups is 1. The molecule has 0 unspecified atom stereocenters. The van der Waals surface area contributed by atoms with Crippen LogP contribution in [0.1, 0.15) is 39.5 Å². The largest absolute Gasteiger partial charge is 0.495 e. The zero-order valence-corrected chi connectivity index (χ0v) is 12.7. The van der Waals surface area contributed by atoms with Crippen LogP contribution in [0.25, 0.3) is 0 Å². The Hall–Kier alpha value is -2.11. The number of hydrogen-bond donors (Lipinski definition) is 1. The Morgan fingerprint density at radius 1 is 1.43 bits per heavy atom. The second-order valence-corrected chi connectivity index (χ2v) is 4.88. The van der Waals surface area contributed by atoms with E-state index in [2.05, 4.69) is 12.2 Å². The van der Waals surface area contributed by atoms with E-state index < -0.39 is 4.92 Å². The Morgan fingerprint density at radius 2 is 2.14 bits per heavy atom. The van der Waals surface area contributed by atoms with E-state index >= 15 is 0 Å². The van der Waals surface area contributed by atoms with Crippen molar-refractivity contribution in [3.8, 4) is 5.75 Å². The number of benzene rings is 1. The molecule has 116 valence electrons. The monoisotopic (exact) mass is 294 g/mol. The molecule has 0 fully saturated rings. The molecule has 1 aromatic rings. The summed E-state index contributed by atoms with van der Waals surface area (Å²) in [5.74, 6) is 0.206. The van der Waals surface area contributed by atoms with Crippen LogP contribution in [0.5, 0.6) is 5.75 Å². The maximum Gasteiger partial charge on any atom is 0.271 e. The van der Waals surface area contributed by atoms with Crippen molar-refractivity contribution in [2.24, 2.45) is 5.92 Å². The van der Waals surface area contributed by atoms with Gasteiger partial charge in [-0.05, 0) is 18.9 Å². The fraction of sp³-hybridized carbons (Fsp3) is 0.533. The summed E-state index contributed by atoms with van der Waals surface area (Å²) in [5.41, 5.74) is 0.263. The maximum atomic E-state index is 12.3. The van der Waals surface area contributed by atoms with Gasteiger partial charge in [-0.1, -0.05) is 26.7 Å². The molecule has 0 heterocycles. The standard InChI is InChI=1S/C15H22N2O4/c1-4-6-7-11(5-2)15(18)16-13-10-12(17(19)20)8-9-14(13)21-3/h8-11H,4-7H2,1-3H3,(H,16,18)/t11-/m1/s1. The van der Waals surface area contributed by atoms with Crippen molar-refractivity contribution < 1.29 is 14.5 Å². The number of anilines is 1. The normalized spacial score (nSPS) is 11.8. The number of amides is 1. The number of nitrogens with zero attached hydrogens (tertiary/aromatic N) is 1. The molecular weight excluding hydrogens is 272 g/mol. The molecule has 0 aliphatic rings. The van der Waals surface area contributed by atoms with E-state index in [0.717, 1.165) is 25.7 Å². The Kier molecular flexibility index (Phi) is 6.65. The minimum atomic E-state index is -0.497. The SMILES string of the molecule is CCCC[C@@H](CC)C(=O)Nc1cc([N+](=O)[O-])ccc1OC. The highest BCUT2D eigenvalue weighted by atomic mass is 16.6. The summed E-state index contributed by atoms with van der Waals surface area (Å²) in [7, 11) is 1.46. The van der Waals surface area contributed by atoms with Crippen molar-refractivity contribution in [3.63, 3.8) is 0 Å². The highest BCUT2D eigenvalue weighted by molar-refractivity contribution is 5.94. The lowest BCUT2D eigenvalue weighted by molar-refractivity contribution is -0.384. The Labute approximate surface area is 124 Å². The van der Waals surface area contributed by atoms with Gasteiger partial charge in [0, 0.05) is 18.1 Å². The molecule has 0 aliphatic carbocycles. The molecule has 0 saturated heterocycles. The van der Waals surface area contributed by atoms with E-state index in [9.17, 15) is 14.9 Å². The van der Waals surface area contributed by atoms with Crippen LogP contribution in [-0.2, 0) is 4.79 Å². The Balaban J connectivity index is 2.91. The van der Waals surface area contributed by atoms with Crippen LogP contribution in [-0.4, -0.2) is 17.9 Å². The highest BCUT2D eigenvalue weighted by Crippen LogP contribution is 2.29. The van der Waals surface area contributed by atoms with Crippen LogP contribution in [0, 0.1) is 16.0 Å². The minimum Gasteiger partial charge on any atom is -0.495 e. The summed E-state index contributed by atoms with van der Waals surface area (Å²) >= 11 is 0. The molecule has 1 atom stereocenters. The number of methoxy groups -OCH3 is 1. The molecule has 1 rings (SSSR count). The van der Waals surface area contributed by atoms with Gasteiger partial charge in [-0.25, -0.2) is 0 Å². The van der Waals surface area contributed by atoms with Gasteiger partial charge in [0.15, 0.2) is 0 Å². The van der Waals surface area contributed by atoms with Crippen molar-refractivity contribution in [2.75, 3.05) is 12.4 Å². The topological polar surface area (TPSA) is 81.5 Å². The van der Waals surface area contributed by atoms with Crippen LogP contribution in [0.3, 0.4) is 0 Å². The van der Waals surface area contributed by atoms with Crippen LogP contribution in [0.4, 0.5) is 11.4 Å². The number of nitro benzene ring substituents is 1. The van der Waals surface area contributed by atoms with Gasteiger partial charge >= 0.3 is 0 Å². The molecule has 0 spiro atoms. The van der Waals surface area contributed by atoms with Crippen LogP contribution in [0.15, 0.2) is 18.2 Å². The minimum absolute atomic E-state index is 0.0762. The molecule has 6 nitrogen and oxygen atoms in total. The van der Waals surface area contributed by atoms with Gasteiger partial charge in [-0.2, -0.15) is 0 Å². The summed E-state index contributed by atoms with van der Waals surface area (Å²) in [6, 6.07) is 4.16. The number of unbranched alkanes of at least 4 members (excludes halogenated alkanes) is 1. The second-order valence-electron chi connectivity index (χ2n) is 4.88. The third-order valence-corrected chi connectivity index (χ3v) is 3.42. The van der Waals surface area contributed by atoms with Crippen molar-refractivity contribution >= 4 is 17.3 Å². The van der Waals surface area contributed by atoms with Crippen molar-refractivity contribution in [1.29, 1.82) is 0 Å². The quantitative estimate of drug-likeness (QED) is 0.584. The molecule has 0 saturated carbocycles.